The number of hydrogen-bond acceptors (Lipinski definition) is 5. The summed E-state index contributed by atoms with van der Waals surface area (Å²) in [4.78, 5) is 14.4. The zero-order chi connectivity index (χ0) is 12.3. The van der Waals surface area contributed by atoms with Gasteiger partial charge in [-0.1, -0.05) is 12.8 Å². The maximum Gasteiger partial charge on any atom is 0.275 e. The molecule has 0 unspecified atom stereocenters. The lowest BCUT2D eigenvalue weighted by Gasteiger charge is -2.07. The highest BCUT2D eigenvalue weighted by Gasteiger charge is 2.16. The van der Waals surface area contributed by atoms with Crippen LogP contribution in [0, 0.1) is 16.0 Å². The second-order valence-electron chi connectivity index (χ2n) is 4.31. The molecule has 0 aliphatic heterocycles. The quantitative estimate of drug-likeness (QED) is 0.507. The highest BCUT2D eigenvalue weighted by Crippen LogP contribution is 2.31. The molecule has 1 aromatic heterocycles. The molecular weight excluding hydrogens is 238 g/mol. The first-order chi connectivity index (χ1) is 8.15. The molecular formula is C11H15N3O2S. The van der Waals surface area contributed by atoms with E-state index in [4.69, 9.17) is 5.73 Å². The maximum absolute atomic E-state index is 10.7. The molecule has 0 amide bonds. The van der Waals surface area contributed by atoms with Crippen molar-refractivity contribution in [3.8, 4) is 0 Å². The van der Waals surface area contributed by atoms with Crippen LogP contribution in [-0.4, -0.2) is 15.7 Å². The molecule has 1 heterocycles. The van der Waals surface area contributed by atoms with Gasteiger partial charge in [-0.2, -0.15) is 0 Å². The third-order valence-corrected chi connectivity index (χ3v) is 4.10. The SMILES string of the molecule is Nc1cc([N+](=O)[O-])cc(SCC2CCCC2)n1. The van der Waals surface area contributed by atoms with E-state index >= 15 is 0 Å². The van der Waals surface area contributed by atoms with Crippen molar-refractivity contribution in [1.82, 2.24) is 4.98 Å². The molecule has 1 aliphatic rings. The lowest BCUT2D eigenvalue weighted by atomic mass is 10.1. The van der Waals surface area contributed by atoms with Crippen LogP contribution in [0.4, 0.5) is 11.5 Å². The number of nitrogen functional groups attached to an aromatic ring is 1. The van der Waals surface area contributed by atoms with Gasteiger partial charge in [-0.25, -0.2) is 4.98 Å². The van der Waals surface area contributed by atoms with Crippen LogP contribution in [0.2, 0.25) is 0 Å². The fraction of sp³-hybridized carbons (Fsp3) is 0.545. The Morgan fingerprint density at radius 3 is 2.82 bits per heavy atom. The second kappa shape index (κ2) is 5.35. The van der Waals surface area contributed by atoms with Crippen LogP contribution in [0.5, 0.6) is 0 Å². The molecule has 1 aliphatic carbocycles. The number of nitro groups is 1. The lowest BCUT2D eigenvalue weighted by Crippen LogP contribution is -1.99. The van der Waals surface area contributed by atoms with Crippen LogP contribution in [0.3, 0.4) is 0 Å². The molecule has 17 heavy (non-hydrogen) atoms. The lowest BCUT2D eigenvalue weighted by molar-refractivity contribution is -0.385. The van der Waals surface area contributed by atoms with E-state index in [0.717, 1.165) is 11.7 Å². The summed E-state index contributed by atoms with van der Waals surface area (Å²) < 4.78 is 0. The van der Waals surface area contributed by atoms with E-state index in [1.165, 1.54) is 37.8 Å². The van der Waals surface area contributed by atoms with E-state index < -0.39 is 4.92 Å². The molecule has 0 radical (unpaired) electrons. The second-order valence-corrected chi connectivity index (χ2v) is 5.35. The van der Waals surface area contributed by atoms with Gasteiger partial charge in [0.2, 0.25) is 0 Å². The minimum atomic E-state index is -0.433. The Hall–Kier alpha value is -1.30. The van der Waals surface area contributed by atoms with Crippen molar-refractivity contribution in [1.29, 1.82) is 0 Å². The maximum atomic E-state index is 10.7. The van der Waals surface area contributed by atoms with E-state index in [2.05, 4.69) is 4.98 Å². The van der Waals surface area contributed by atoms with E-state index in [1.54, 1.807) is 11.8 Å². The van der Waals surface area contributed by atoms with Gasteiger partial charge in [0.25, 0.3) is 5.69 Å². The van der Waals surface area contributed by atoms with Crippen LogP contribution in [0.15, 0.2) is 17.2 Å². The number of nitrogens with zero attached hydrogens (tertiary/aromatic N) is 2. The van der Waals surface area contributed by atoms with E-state index in [-0.39, 0.29) is 11.5 Å². The van der Waals surface area contributed by atoms with Gasteiger partial charge in [-0.05, 0) is 18.8 Å². The molecule has 2 N–H and O–H groups in total. The number of anilines is 1. The first kappa shape index (κ1) is 12.2. The molecule has 0 spiro atoms. The first-order valence-corrected chi connectivity index (χ1v) is 6.68. The van der Waals surface area contributed by atoms with Gasteiger partial charge in [-0.15, -0.1) is 11.8 Å². The topological polar surface area (TPSA) is 82.0 Å². The van der Waals surface area contributed by atoms with Gasteiger partial charge in [0.05, 0.1) is 11.0 Å². The summed E-state index contributed by atoms with van der Waals surface area (Å²) >= 11 is 1.57. The van der Waals surface area contributed by atoms with Gasteiger partial charge < -0.3 is 5.73 Å². The van der Waals surface area contributed by atoms with E-state index in [9.17, 15) is 10.1 Å². The van der Waals surface area contributed by atoms with Crippen molar-refractivity contribution in [3.63, 3.8) is 0 Å². The Bertz CT molecular complexity index is 419. The summed E-state index contributed by atoms with van der Waals surface area (Å²) in [6.07, 6.45) is 5.13. The average molecular weight is 253 g/mol. The molecule has 0 aromatic carbocycles. The monoisotopic (exact) mass is 253 g/mol. The van der Waals surface area contributed by atoms with Crippen LogP contribution in [0.25, 0.3) is 0 Å². The third-order valence-electron chi connectivity index (χ3n) is 2.96. The number of nitrogens with two attached hydrogens (primary N) is 1. The van der Waals surface area contributed by atoms with Gasteiger partial charge in [-0.3, -0.25) is 10.1 Å². The van der Waals surface area contributed by atoms with Crippen molar-refractivity contribution in [2.75, 3.05) is 11.5 Å². The normalized spacial score (nSPS) is 16.2. The van der Waals surface area contributed by atoms with Crippen molar-refractivity contribution in [2.45, 2.75) is 30.7 Å². The number of hydrogen-bond donors (Lipinski definition) is 1. The zero-order valence-electron chi connectivity index (χ0n) is 9.46. The summed E-state index contributed by atoms with van der Waals surface area (Å²) in [7, 11) is 0. The third kappa shape index (κ3) is 3.33. The van der Waals surface area contributed by atoms with Crippen LogP contribution in [-0.2, 0) is 0 Å². The highest BCUT2D eigenvalue weighted by molar-refractivity contribution is 7.99. The minimum Gasteiger partial charge on any atom is -0.383 e. The molecule has 0 bridgehead atoms. The Morgan fingerprint density at radius 2 is 2.18 bits per heavy atom. The molecule has 0 atom stereocenters. The first-order valence-electron chi connectivity index (χ1n) is 5.70. The smallest absolute Gasteiger partial charge is 0.275 e. The van der Waals surface area contributed by atoms with E-state index in [1.807, 2.05) is 0 Å². The van der Waals surface area contributed by atoms with Crippen molar-refractivity contribution in [2.24, 2.45) is 5.92 Å². The largest absolute Gasteiger partial charge is 0.383 e. The molecule has 1 aromatic rings. The molecule has 2 rings (SSSR count). The molecule has 1 saturated carbocycles. The Morgan fingerprint density at radius 1 is 1.47 bits per heavy atom. The average Bonchev–Trinajstić information content (AvgIpc) is 2.78. The summed E-state index contributed by atoms with van der Waals surface area (Å²) in [6, 6.07) is 2.79. The van der Waals surface area contributed by atoms with Crippen molar-refractivity contribution in [3.05, 3.63) is 22.2 Å². The number of thioether (sulfide) groups is 1. The molecule has 5 nitrogen and oxygen atoms in total. The Kier molecular flexibility index (Phi) is 3.83. The molecule has 92 valence electrons. The predicted octanol–water partition coefficient (Wildman–Crippen LogP) is 2.85. The van der Waals surface area contributed by atoms with Crippen LogP contribution in [0.1, 0.15) is 25.7 Å². The van der Waals surface area contributed by atoms with Crippen LogP contribution < -0.4 is 5.73 Å². The van der Waals surface area contributed by atoms with Gasteiger partial charge in [0.1, 0.15) is 10.8 Å². The van der Waals surface area contributed by atoms with E-state index in [0.29, 0.717) is 5.03 Å². The van der Waals surface area contributed by atoms with Crippen molar-refractivity contribution >= 4 is 23.3 Å². The Labute approximate surface area is 104 Å². The highest BCUT2D eigenvalue weighted by atomic mass is 32.2. The predicted molar refractivity (Wildman–Crippen MR) is 68.0 cm³/mol. The van der Waals surface area contributed by atoms with Gasteiger partial charge in [0.15, 0.2) is 0 Å². The van der Waals surface area contributed by atoms with Gasteiger partial charge >= 0.3 is 0 Å². The summed E-state index contributed by atoms with van der Waals surface area (Å²) in [6.45, 7) is 0. The Balaban J connectivity index is 2.01. The number of rotatable bonds is 4. The fourth-order valence-corrected chi connectivity index (χ4v) is 3.18. The standard InChI is InChI=1S/C11H15N3O2S/c12-10-5-9(14(15)16)6-11(13-10)17-7-8-3-1-2-4-8/h5-6,8H,1-4,7H2,(H2,12,13). The molecule has 6 heteroatoms. The minimum absolute atomic E-state index is 0.0198. The summed E-state index contributed by atoms with van der Waals surface area (Å²) in [5.41, 5.74) is 5.57. The fourth-order valence-electron chi connectivity index (χ4n) is 2.07. The number of pyridine rings is 1. The van der Waals surface area contributed by atoms with Crippen LogP contribution >= 0.6 is 11.8 Å². The zero-order valence-corrected chi connectivity index (χ0v) is 10.3. The molecule has 0 saturated heterocycles. The number of aromatic nitrogens is 1. The van der Waals surface area contributed by atoms with Gasteiger partial charge in [0, 0.05) is 11.8 Å². The van der Waals surface area contributed by atoms with Crippen molar-refractivity contribution < 1.29 is 4.92 Å². The summed E-state index contributed by atoms with van der Waals surface area (Å²) in [5.74, 6) is 1.92. The molecule has 1 fully saturated rings. The summed E-state index contributed by atoms with van der Waals surface area (Å²) in [5, 5.41) is 11.3.